The van der Waals surface area contributed by atoms with Crippen LogP contribution in [0.5, 0.6) is 5.75 Å². The van der Waals surface area contributed by atoms with Gasteiger partial charge >= 0.3 is 0 Å². The molecular weight excluding hydrogens is 364 g/mol. The molecule has 156 valence electrons. The van der Waals surface area contributed by atoms with Gasteiger partial charge in [0.15, 0.2) is 5.96 Å². The summed E-state index contributed by atoms with van der Waals surface area (Å²) >= 11 is 0. The molecule has 0 aliphatic carbocycles. The van der Waals surface area contributed by atoms with E-state index < -0.39 is 0 Å². The molecule has 0 radical (unpaired) electrons. The predicted octanol–water partition coefficient (Wildman–Crippen LogP) is 2.62. The Morgan fingerprint density at radius 2 is 1.79 bits per heavy atom. The third-order valence-corrected chi connectivity index (χ3v) is 4.76. The summed E-state index contributed by atoms with van der Waals surface area (Å²) in [4.78, 5) is 7.06. The normalized spacial score (nSPS) is 15.1. The van der Waals surface area contributed by atoms with Gasteiger partial charge in [0.1, 0.15) is 12.4 Å². The molecule has 2 N–H and O–H groups in total. The number of ether oxygens (including phenoxy) is 2. The van der Waals surface area contributed by atoms with Gasteiger partial charge in [-0.1, -0.05) is 48.5 Å². The third kappa shape index (κ3) is 7.07. The van der Waals surface area contributed by atoms with Gasteiger partial charge in [-0.3, -0.25) is 9.89 Å². The van der Waals surface area contributed by atoms with Crippen LogP contribution in [0.3, 0.4) is 0 Å². The Morgan fingerprint density at radius 3 is 2.59 bits per heavy atom. The second-order valence-electron chi connectivity index (χ2n) is 6.85. The van der Waals surface area contributed by atoms with Gasteiger partial charge in [-0.25, -0.2) is 0 Å². The lowest BCUT2D eigenvalue weighted by atomic mass is 10.1. The molecular formula is C23H32N4O2. The number of nitrogens with zero attached hydrogens (tertiary/aromatic N) is 2. The van der Waals surface area contributed by atoms with Crippen molar-refractivity contribution in [1.29, 1.82) is 0 Å². The molecule has 0 spiro atoms. The Bertz CT molecular complexity index is 746. The van der Waals surface area contributed by atoms with Crippen LogP contribution in [0.1, 0.15) is 6.92 Å². The highest BCUT2D eigenvalue weighted by Gasteiger charge is 2.09. The summed E-state index contributed by atoms with van der Waals surface area (Å²) in [5, 5.41) is 6.65. The predicted molar refractivity (Wildman–Crippen MR) is 119 cm³/mol. The molecule has 0 unspecified atom stereocenters. The Labute approximate surface area is 173 Å². The van der Waals surface area contributed by atoms with Crippen LogP contribution in [0.25, 0.3) is 11.1 Å². The van der Waals surface area contributed by atoms with Crippen molar-refractivity contribution in [3.05, 3.63) is 54.6 Å². The number of hydrogen-bond donors (Lipinski definition) is 2. The summed E-state index contributed by atoms with van der Waals surface area (Å²) in [5.74, 6) is 1.73. The molecule has 1 aliphatic rings. The number of benzene rings is 2. The Hall–Kier alpha value is -2.57. The summed E-state index contributed by atoms with van der Waals surface area (Å²) in [6.45, 7) is 9.53. The minimum atomic E-state index is 0.567. The number of nitrogens with one attached hydrogen (secondary N) is 2. The van der Waals surface area contributed by atoms with E-state index in [1.165, 1.54) is 0 Å². The standard InChI is InChI=1S/C23H32N4O2/c1-2-24-23(25-12-14-27-15-18-28-19-16-27)26-13-17-29-22-11-7-6-10-21(22)20-8-4-3-5-9-20/h3-11H,2,12-19H2,1H3,(H2,24,25,26). The van der Waals surface area contributed by atoms with Gasteiger partial charge < -0.3 is 20.1 Å². The minimum Gasteiger partial charge on any atom is -0.491 e. The zero-order valence-electron chi connectivity index (χ0n) is 17.3. The van der Waals surface area contributed by atoms with E-state index in [0.29, 0.717) is 13.2 Å². The molecule has 0 amide bonds. The quantitative estimate of drug-likeness (QED) is 0.388. The van der Waals surface area contributed by atoms with Crippen molar-refractivity contribution in [3.63, 3.8) is 0 Å². The monoisotopic (exact) mass is 396 g/mol. The van der Waals surface area contributed by atoms with Crippen LogP contribution >= 0.6 is 0 Å². The summed E-state index contributed by atoms with van der Waals surface area (Å²) in [5.41, 5.74) is 2.27. The van der Waals surface area contributed by atoms with Crippen LogP contribution in [0.15, 0.2) is 59.6 Å². The number of para-hydroxylation sites is 1. The lowest BCUT2D eigenvalue weighted by molar-refractivity contribution is 0.0394. The largest absolute Gasteiger partial charge is 0.491 e. The van der Waals surface area contributed by atoms with Crippen molar-refractivity contribution >= 4 is 5.96 Å². The second-order valence-corrected chi connectivity index (χ2v) is 6.85. The lowest BCUT2D eigenvalue weighted by Crippen LogP contribution is -2.41. The fourth-order valence-corrected chi connectivity index (χ4v) is 3.25. The van der Waals surface area contributed by atoms with E-state index in [0.717, 1.165) is 68.8 Å². The van der Waals surface area contributed by atoms with Crippen molar-refractivity contribution in [2.24, 2.45) is 4.99 Å². The van der Waals surface area contributed by atoms with E-state index >= 15 is 0 Å². The molecule has 0 bridgehead atoms. The first-order valence-electron chi connectivity index (χ1n) is 10.5. The molecule has 1 fully saturated rings. The molecule has 29 heavy (non-hydrogen) atoms. The molecule has 2 aromatic carbocycles. The fraction of sp³-hybridized carbons (Fsp3) is 0.435. The van der Waals surface area contributed by atoms with E-state index in [-0.39, 0.29) is 0 Å². The zero-order valence-corrected chi connectivity index (χ0v) is 17.3. The van der Waals surface area contributed by atoms with Crippen LogP contribution in [-0.2, 0) is 4.74 Å². The molecule has 3 rings (SSSR count). The maximum absolute atomic E-state index is 6.05. The molecule has 2 aromatic rings. The van der Waals surface area contributed by atoms with E-state index in [1.807, 2.05) is 36.4 Å². The maximum Gasteiger partial charge on any atom is 0.191 e. The maximum atomic E-state index is 6.05. The summed E-state index contributed by atoms with van der Waals surface area (Å²) in [7, 11) is 0. The topological polar surface area (TPSA) is 58.1 Å². The number of rotatable bonds is 9. The van der Waals surface area contributed by atoms with Crippen molar-refractivity contribution in [2.45, 2.75) is 6.92 Å². The Kier molecular flexibility index (Phi) is 8.82. The number of hydrogen-bond acceptors (Lipinski definition) is 4. The lowest BCUT2D eigenvalue weighted by Gasteiger charge is -2.25. The number of aliphatic imine (C=N–C) groups is 1. The minimum absolute atomic E-state index is 0.567. The highest BCUT2D eigenvalue weighted by Crippen LogP contribution is 2.29. The molecule has 6 nitrogen and oxygen atoms in total. The van der Waals surface area contributed by atoms with Crippen molar-refractivity contribution in [1.82, 2.24) is 15.5 Å². The van der Waals surface area contributed by atoms with E-state index in [4.69, 9.17) is 9.47 Å². The molecule has 0 aromatic heterocycles. The first-order valence-corrected chi connectivity index (χ1v) is 10.5. The second kappa shape index (κ2) is 12.1. The van der Waals surface area contributed by atoms with Crippen molar-refractivity contribution in [2.75, 3.05) is 59.1 Å². The van der Waals surface area contributed by atoms with E-state index in [1.54, 1.807) is 0 Å². The summed E-state index contributed by atoms with van der Waals surface area (Å²) in [6.07, 6.45) is 0. The Morgan fingerprint density at radius 1 is 1.03 bits per heavy atom. The van der Waals surface area contributed by atoms with Crippen LogP contribution in [0, 0.1) is 0 Å². The molecule has 1 saturated heterocycles. The molecule has 6 heteroatoms. The van der Waals surface area contributed by atoms with Gasteiger partial charge in [0.2, 0.25) is 0 Å². The van der Waals surface area contributed by atoms with Crippen LogP contribution in [0.4, 0.5) is 0 Å². The number of guanidine groups is 1. The van der Waals surface area contributed by atoms with Gasteiger partial charge in [0.25, 0.3) is 0 Å². The molecule has 1 heterocycles. The summed E-state index contributed by atoms with van der Waals surface area (Å²) in [6, 6.07) is 18.5. The molecule has 0 saturated carbocycles. The fourth-order valence-electron chi connectivity index (χ4n) is 3.25. The van der Waals surface area contributed by atoms with Crippen LogP contribution < -0.4 is 15.4 Å². The number of morpholine rings is 1. The summed E-state index contributed by atoms with van der Waals surface area (Å²) < 4.78 is 11.4. The van der Waals surface area contributed by atoms with Gasteiger partial charge in [-0.15, -0.1) is 0 Å². The molecule has 1 aliphatic heterocycles. The van der Waals surface area contributed by atoms with Crippen LogP contribution in [-0.4, -0.2) is 69.9 Å². The SMILES string of the molecule is CCNC(=NCCN1CCOCC1)NCCOc1ccccc1-c1ccccc1. The van der Waals surface area contributed by atoms with E-state index in [2.05, 4.69) is 45.6 Å². The highest BCUT2D eigenvalue weighted by molar-refractivity contribution is 5.79. The first-order chi connectivity index (χ1) is 14.4. The smallest absolute Gasteiger partial charge is 0.191 e. The van der Waals surface area contributed by atoms with Gasteiger partial charge in [-0.05, 0) is 18.6 Å². The first kappa shape index (κ1) is 21.1. The average Bonchev–Trinajstić information content (AvgIpc) is 2.78. The highest BCUT2D eigenvalue weighted by atomic mass is 16.5. The van der Waals surface area contributed by atoms with Gasteiger partial charge in [0.05, 0.1) is 26.3 Å². The zero-order chi connectivity index (χ0) is 20.2. The van der Waals surface area contributed by atoms with Gasteiger partial charge in [0, 0.05) is 31.7 Å². The van der Waals surface area contributed by atoms with Crippen LogP contribution in [0.2, 0.25) is 0 Å². The van der Waals surface area contributed by atoms with Crippen molar-refractivity contribution < 1.29 is 9.47 Å². The van der Waals surface area contributed by atoms with Crippen molar-refractivity contribution in [3.8, 4) is 16.9 Å². The van der Waals surface area contributed by atoms with Gasteiger partial charge in [-0.2, -0.15) is 0 Å². The van der Waals surface area contributed by atoms with E-state index in [9.17, 15) is 0 Å². The third-order valence-electron chi connectivity index (χ3n) is 4.76. The molecule has 0 atom stereocenters. The Balaban J connectivity index is 1.46. The average molecular weight is 397 g/mol.